The first kappa shape index (κ1) is 67.3. The smallest absolute Gasteiger partial charge is 0.306 e. The van der Waals surface area contributed by atoms with Crippen LogP contribution in [0.1, 0.15) is 278 Å². The predicted molar refractivity (Wildman–Crippen MR) is 307 cm³/mol. The van der Waals surface area contributed by atoms with E-state index in [4.69, 9.17) is 14.2 Å². The molecule has 0 spiro atoms. The van der Waals surface area contributed by atoms with E-state index in [0.29, 0.717) is 19.3 Å². The average molecular weight is 988 g/mol. The summed E-state index contributed by atoms with van der Waals surface area (Å²) in [6.07, 6.45) is 78.2. The third-order valence-corrected chi connectivity index (χ3v) is 12.6. The Hall–Kier alpha value is -3.67. The molecule has 0 N–H and O–H groups in total. The zero-order valence-electron chi connectivity index (χ0n) is 46.5. The van der Waals surface area contributed by atoms with Gasteiger partial charge in [-0.2, -0.15) is 0 Å². The first-order valence-electron chi connectivity index (χ1n) is 29.7. The minimum atomic E-state index is -0.803. The van der Waals surface area contributed by atoms with Gasteiger partial charge >= 0.3 is 17.9 Å². The maximum Gasteiger partial charge on any atom is 0.306 e. The van der Waals surface area contributed by atoms with E-state index in [1.807, 2.05) is 0 Å². The van der Waals surface area contributed by atoms with Crippen molar-refractivity contribution in [3.8, 4) is 0 Å². The molecule has 0 aromatic carbocycles. The average Bonchev–Trinajstić information content (AvgIpc) is 3.37. The van der Waals surface area contributed by atoms with E-state index in [2.05, 4.69) is 118 Å². The largest absolute Gasteiger partial charge is 0.462 e. The molecule has 0 fully saturated rings. The number of carbonyl (C=O) groups is 3. The summed E-state index contributed by atoms with van der Waals surface area (Å²) < 4.78 is 16.9. The summed E-state index contributed by atoms with van der Waals surface area (Å²) in [6, 6.07) is 0. The zero-order chi connectivity index (χ0) is 51.4. The monoisotopic (exact) mass is 987 g/mol. The highest BCUT2D eigenvalue weighted by Crippen LogP contribution is 2.16. The van der Waals surface area contributed by atoms with E-state index in [0.717, 1.165) is 122 Å². The van der Waals surface area contributed by atoms with Crippen LogP contribution in [0.4, 0.5) is 0 Å². The van der Waals surface area contributed by atoms with Gasteiger partial charge in [0.15, 0.2) is 6.10 Å². The summed E-state index contributed by atoms with van der Waals surface area (Å²) >= 11 is 0. The van der Waals surface area contributed by atoms with E-state index < -0.39 is 6.10 Å². The van der Waals surface area contributed by atoms with Crippen LogP contribution in [0.25, 0.3) is 0 Å². The molecule has 0 aromatic heterocycles. The number of hydrogen-bond acceptors (Lipinski definition) is 6. The van der Waals surface area contributed by atoms with Gasteiger partial charge in [0.25, 0.3) is 0 Å². The summed E-state index contributed by atoms with van der Waals surface area (Å²) in [5, 5.41) is 0. The van der Waals surface area contributed by atoms with Gasteiger partial charge in [-0.3, -0.25) is 14.4 Å². The molecule has 0 bridgehead atoms. The van der Waals surface area contributed by atoms with Crippen molar-refractivity contribution in [1.82, 2.24) is 0 Å². The molecule has 0 aliphatic rings. The Kier molecular flexibility index (Phi) is 55.9. The van der Waals surface area contributed by atoms with Crippen LogP contribution in [-0.4, -0.2) is 37.2 Å². The quantitative estimate of drug-likeness (QED) is 0.0261. The van der Waals surface area contributed by atoms with Crippen LogP contribution >= 0.6 is 0 Å². The van der Waals surface area contributed by atoms with Gasteiger partial charge in [-0.25, -0.2) is 0 Å². The standard InChI is InChI=1S/C65H110O6/c1-4-7-10-13-16-19-22-25-28-31-32-35-37-40-43-46-49-52-55-58-64(67)70-61-62(71-65(68)59-56-53-50-47-44-41-38-34-30-27-24-21-18-15-12-9-6-3)60-69-63(66)57-54-51-48-45-42-39-36-33-29-26-23-20-17-14-11-8-5-2/h7,10,16,18-19,21,25,27-28,30,32,35,38,40-41,43,62H,4-6,8-9,11-15,17,20,22-24,26,29,31,33-34,36-37,39,42,44-61H2,1-3H3/b10-7+,19-16+,21-18+,28-25+,30-27+,35-32+,41-38+,43-40+/t62-/m1/s1. The fourth-order valence-corrected chi connectivity index (χ4v) is 8.12. The second-order valence-electron chi connectivity index (χ2n) is 19.5. The van der Waals surface area contributed by atoms with E-state index in [1.54, 1.807) is 0 Å². The highest BCUT2D eigenvalue weighted by Gasteiger charge is 2.19. The minimum absolute atomic E-state index is 0.0959. The van der Waals surface area contributed by atoms with Gasteiger partial charge in [0, 0.05) is 19.3 Å². The van der Waals surface area contributed by atoms with E-state index in [9.17, 15) is 14.4 Å². The molecule has 0 unspecified atom stereocenters. The SMILES string of the molecule is CC/C=C/C/C=C/C/C=C/C/C=C/C/C=C/CCCCCC(=O)OC[C@@H](COC(=O)CCCCCCCCCCCCCCCCCCC)OC(=O)CCCCCC/C=C/C/C=C/C/C=C/CCCCC. The molecule has 0 saturated carbocycles. The van der Waals surface area contributed by atoms with Gasteiger partial charge in [0.2, 0.25) is 0 Å². The van der Waals surface area contributed by atoms with E-state index in [-0.39, 0.29) is 31.1 Å². The molecule has 0 aromatic rings. The Labute approximate surface area is 438 Å². The number of carbonyl (C=O) groups excluding carboxylic acids is 3. The van der Waals surface area contributed by atoms with Crippen LogP contribution < -0.4 is 0 Å². The maximum absolute atomic E-state index is 12.9. The summed E-state index contributed by atoms with van der Waals surface area (Å²) in [6.45, 7) is 6.47. The lowest BCUT2D eigenvalue weighted by Gasteiger charge is -2.18. The van der Waals surface area contributed by atoms with Gasteiger partial charge in [-0.05, 0) is 103 Å². The number of rotatable bonds is 53. The minimum Gasteiger partial charge on any atom is -0.462 e. The van der Waals surface area contributed by atoms with Crippen molar-refractivity contribution in [2.45, 2.75) is 284 Å². The van der Waals surface area contributed by atoms with E-state index in [1.165, 1.54) is 116 Å². The van der Waals surface area contributed by atoms with Crippen LogP contribution in [-0.2, 0) is 28.6 Å². The van der Waals surface area contributed by atoms with Gasteiger partial charge in [-0.15, -0.1) is 0 Å². The lowest BCUT2D eigenvalue weighted by molar-refractivity contribution is -0.167. The van der Waals surface area contributed by atoms with Gasteiger partial charge in [0.1, 0.15) is 13.2 Å². The molecule has 0 heterocycles. The van der Waals surface area contributed by atoms with Crippen molar-refractivity contribution in [3.63, 3.8) is 0 Å². The van der Waals surface area contributed by atoms with Crippen molar-refractivity contribution in [2.75, 3.05) is 13.2 Å². The molecule has 406 valence electrons. The van der Waals surface area contributed by atoms with Crippen LogP contribution in [0.2, 0.25) is 0 Å². The zero-order valence-corrected chi connectivity index (χ0v) is 46.5. The summed E-state index contributed by atoms with van der Waals surface area (Å²) in [5.74, 6) is -0.944. The second kappa shape index (κ2) is 58.9. The molecule has 71 heavy (non-hydrogen) atoms. The fourth-order valence-electron chi connectivity index (χ4n) is 8.12. The normalized spacial score (nSPS) is 12.8. The number of esters is 3. The third-order valence-electron chi connectivity index (χ3n) is 12.6. The van der Waals surface area contributed by atoms with Crippen molar-refractivity contribution in [3.05, 3.63) is 97.2 Å². The molecule has 6 heteroatoms. The van der Waals surface area contributed by atoms with Crippen LogP contribution in [0.15, 0.2) is 97.2 Å². The molecule has 6 nitrogen and oxygen atoms in total. The molecular weight excluding hydrogens is 877 g/mol. The molecule has 0 aliphatic heterocycles. The van der Waals surface area contributed by atoms with Crippen LogP contribution in [0, 0.1) is 0 Å². The predicted octanol–water partition coefficient (Wildman–Crippen LogP) is 20.1. The first-order valence-corrected chi connectivity index (χ1v) is 29.7. The molecule has 0 aliphatic carbocycles. The lowest BCUT2D eigenvalue weighted by Crippen LogP contribution is -2.30. The summed E-state index contributed by atoms with van der Waals surface area (Å²) in [5.41, 5.74) is 0. The van der Waals surface area contributed by atoms with Crippen LogP contribution in [0.3, 0.4) is 0 Å². The van der Waals surface area contributed by atoms with Crippen molar-refractivity contribution in [1.29, 1.82) is 0 Å². The van der Waals surface area contributed by atoms with Crippen molar-refractivity contribution in [2.24, 2.45) is 0 Å². The Morgan fingerprint density at radius 3 is 0.901 bits per heavy atom. The maximum atomic E-state index is 12.9. The third kappa shape index (κ3) is 57.1. The Morgan fingerprint density at radius 1 is 0.296 bits per heavy atom. The van der Waals surface area contributed by atoms with Gasteiger partial charge in [0.05, 0.1) is 0 Å². The fraction of sp³-hybridized carbons (Fsp3) is 0.708. The molecule has 0 saturated heterocycles. The summed E-state index contributed by atoms with van der Waals surface area (Å²) in [4.78, 5) is 38.2. The van der Waals surface area contributed by atoms with Crippen molar-refractivity contribution < 1.29 is 28.6 Å². The number of ether oxygens (including phenoxy) is 3. The first-order chi connectivity index (χ1) is 35.0. The van der Waals surface area contributed by atoms with Gasteiger partial charge < -0.3 is 14.2 Å². The Bertz CT molecular complexity index is 1410. The molecule has 1 atom stereocenters. The highest BCUT2D eigenvalue weighted by atomic mass is 16.6. The lowest BCUT2D eigenvalue weighted by atomic mass is 10.0. The number of unbranched alkanes of at least 4 members (excludes halogenated alkanes) is 26. The molecular formula is C65H110O6. The van der Waals surface area contributed by atoms with E-state index >= 15 is 0 Å². The highest BCUT2D eigenvalue weighted by molar-refractivity contribution is 5.71. The Morgan fingerprint density at radius 2 is 0.549 bits per heavy atom. The number of allylic oxidation sites excluding steroid dienone is 16. The number of hydrogen-bond donors (Lipinski definition) is 0. The van der Waals surface area contributed by atoms with Crippen LogP contribution in [0.5, 0.6) is 0 Å². The van der Waals surface area contributed by atoms with Gasteiger partial charge in [-0.1, -0.05) is 253 Å². The summed E-state index contributed by atoms with van der Waals surface area (Å²) in [7, 11) is 0. The molecule has 0 amide bonds. The Balaban J connectivity index is 4.48. The molecule has 0 radical (unpaired) electrons. The topological polar surface area (TPSA) is 78.9 Å². The second-order valence-corrected chi connectivity index (χ2v) is 19.5. The molecule has 0 rings (SSSR count). The van der Waals surface area contributed by atoms with Crippen molar-refractivity contribution >= 4 is 17.9 Å².